The summed E-state index contributed by atoms with van der Waals surface area (Å²) in [6, 6.07) is 19.2. The molecule has 3 aromatic heterocycles. The van der Waals surface area contributed by atoms with Crippen molar-refractivity contribution in [3.05, 3.63) is 107 Å². The second-order valence-electron chi connectivity index (χ2n) is 8.25. The van der Waals surface area contributed by atoms with E-state index in [1.165, 1.54) is 5.56 Å². The van der Waals surface area contributed by atoms with Crippen LogP contribution in [0.1, 0.15) is 40.3 Å². The summed E-state index contributed by atoms with van der Waals surface area (Å²) in [6.45, 7) is 5.03. The van der Waals surface area contributed by atoms with Gasteiger partial charge in [-0.15, -0.1) is 0 Å². The largest absolute Gasteiger partial charge is 0.506 e. The van der Waals surface area contributed by atoms with Crippen LogP contribution in [0.15, 0.2) is 79.3 Å². The van der Waals surface area contributed by atoms with Crippen molar-refractivity contribution in [3.8, 4) is 5.75 Å². The van der Waals surface area contributed by atoms with Crippen LogP contribution in [0, 0.1) is 13.8 Å². The molecule has 1 saturated heterocycles. The molecule has 33 heavy (non-hydrogen) atoms. The quantitative estimate of drug-likeness (QED) is 0.421. The summed E-state index contributed by atoms with van der Waals surface area (Å²) >= 11 is 5.79. The van der Waals surface area contributed by atoms with Crippen molar-refractivity contribution >= 4 is 23.0 Å². The highest BCUT2D eigenvalue weighted by Crippen LogP contribution is 2.45. The summed E-state index contributed by atoms with van der Waals surface area (Å²) in [5, 5.41) is 14.7. The van der Waals surface area contributed by atoms with Gasteiger partial charge < -0.3 is 19.9 Å². The molecule has 166 valence electrons. The first-order chi connectivity index (χ1) is 16.0. The Morgan fingerprint density at radius 1 is 1.00 bits per heavy atom. The van der Waals surface area contributed by atoms with E-state index < -0.39 is 0 Å². The molecule has 1 aliphatic heterocycles. The second kappa shape index (κ2) is 8.67. The molecule has 0 radical (unpaired) electrons. The molecule has 0 bridgehead atoms. The van der Waals surface area contributed by atoms with Gasteiger partial charge in [0.05, 0.1) is 23.5 Å². The van der Waals surface area contributed by atoms with E-state index in [0.29, 0.717) is 10.8 Å². The van der Waals surface area contributed by atoms with Crippen LogP contribution < -0.4 is 10.2 Å². The average Bonchev–Trinajstić information content (AvgIpc) is 3.31. The molecule has 0 aliphatic carbocycles. The lowest BCUT2D eigenvalue weighted by atomic mass is 9.96. The molecule has 1 fully saturated rings. The molecular formula is C26H25N5OS. The Morgan fingerprint density at radius 3 is 2.48 bits per heavy atom. The molecule has 0 amide bonds. The maximum absolute atomic E-state index is 10.7. The van der Waals surface area contributed by atoms with Gasteiger partial charge in [-0.05, 0) is 79.7 Å². The Hall–Kier alpha value is -3.71. The molecule has 1 aromatic carbocycles. The van der Waals surface area contributed by atoms with Gasteiger partial charge in [-0.3, -0.25) is 9.97 Å². The van der Waals surface area contributed by atoms with E-state index in [1.807, 2.05) is 65.8 Å². The van der Waals surface area contributed by atoms with Gasteiger partial charge in [-0.2, -0.15) is 0 Å². The number of hydrogen-bond acceptors (Lipinski definition) is 4. The molecule has 7 heteroatoms. The van der Waals surface area contributed by atoms with Crippen LogP contribution in [-0.4, -0.2) is 24.8 Å². The van der Waals surface area contributed by atoms with E-state index in [2.05, 4.69) is 39.8 Å². The van der Waals surface area contributed by atoms with Crippen LogP contribution in [0.25, 0.3) is 0 Å². The molecule has 0 saturated carbocycles. The highest BCUT2D eigenvalue weighted by Gasteiger charge is 2.42. The zero-order valence-electron chi connectivity index (χ0n) is 18.5. The maximum atomic E-state index is 10.7. The summed E-state index contributed by atoms with van der Waals surface area (Å²) in [4.78, 5) is 10.8. The second-order valence-corrected chi connectivity index (χ2v) is 8.64. The van der Waals surface area contributed by atoms with Crippen LogP contribution in [0.4, 0.5) is 5.69 Å². The van der Waals surface area contributed by atoms with E-state index in [1.54, 1.807) is 12.3 Å². The number of phenolic OH excluding ortho intramolecular Hbond substituents is 1. The highest BCUT2D eigenvalue weighted by molar-refractivity contribution is 7.80. The number of anilines is 1. The topological polar surface area (TPSA) is 66.2 Å². The van der Waals surface area contributed by atoms with Crippen molar-refractivity contribution in [1.29, 1.82) is 0 Å². The summed E-state index contributed by atoms with van der Waals surface area (Å²) < 4.78 is 2.31. The van der Waals surface area contributed by atoms with Crippen LogP contribution in [0.3, 0.4) is 0 Å². The predicted molar refractivity (Wildman–Crippen MR) is 133 cm³/mol. The lowest BCUT2D eigenvalue weighted by Crippen LogP contribution is -2.29. The number of aromatic hydroxyl groups is 1. The number of aromatic nitrogens is 3. The summed E-state index contributed by atoms with van der Waals surface area (Å²) in [5.74, 6) is 0.193. The summed E-state index contributed by atoms with van der Waals surface area (Å²) in [7, 11) is 0. The lowest BCUT2D eigenvalue weighted by molar-refractivity contribution is 0.472. The monoisotopic (exact) mass is 455 g/mol. The van der Waals surface area contributed by atoms with E-state index in [9.17, 15) is 5.11 Å². The Labute approximate surface area is 198 Å². The van der Waals surface area contributed by atoms with Gasteiger partial charge in [0, 0.05) is 36.5 Å². The van der Waals surface area contributed by atoms with Crippen molar-refractivity contribution < 1.29 is 5.11 Å². The van der Waals surface area contributed by atoms with Gasteiger partial charge in [-0.1, -0.05) is 18.2 Å². The number of rotatable bonds is 5. The highest BCUT2D eigenvalue weighted by atomic mass is 32.1. The molecule has 2 atom stereocenters. The van der Waals surface area contributed by atoms with Gasteiger partial charge in [0.15, 0.2) is 5.11 Å². The fourth-order valence-electron chi connectivity index (χ4n) is 4.64. The third kappa shape index (κ3) is 3.85. The average molecular weight is 456 g/mol. The van der Waals surface area contributed by atoms with Crippen molar-refractivity contribution in [1.82, 2.24) is 19.9 Å². The van der Waals surface area contributed by atoms with Crippen LogP contribution in [-0.2, 0) is 6.54 Å². The fourth-order valence-corrected chi connectivity index (χ4v) is 4.98. The molecule has 6 nitrogen and oxygen atoms in total. The number of thiocarbonyl (C=S) groups is 1. The van der Waals surface area contributed by atoms with Gasteiger partial charge in [0.25, 0.3) is 0 Å². The van der Waals surface area contributed by atoms with E-state index >= 15 is 0 Å². The van der Waals surface area contributed by atoms with Gasteiger partial charge in [-0.25, -0.2) is 0 Å². The number of phenols is 1. The molecule has 2 N–H and O–H groups in total. The molecular weight excluding hydrogens is 430 g/mol. The zero-order chi connectivity index (χ0) is 22.9. The maximum Gasteiger partial charge on any atom is 0.174 e. The minimum atomic E-state index is -0.168. The van der Waals surface area contributed by atoms with Crippen molar-refractivity contribution in [2.75, 3.05) is 4.90 Å². The summed E-state index contributed by atoms with van der Waals surface area (Å²) in [5.41, 5.74) is 6.24. The Kier molecular flexibility index (Phi) is 5.56. The molecule has 4 aromatic rings. The predicted octanol–water partition coefficient (Wildman–Crippen LogP) is 4.83. The minimum Gasteiger partial charge on any atom is -0.506 e. The zero-order valence-corrected chi connectivity index (χ0v) is 19.3. The van der Waals surface area contributed by atoms with E-state index in [4.69, 9.17) is 12.2 Å². The number of nitrogens with zero attached hydrogens (tertiary/aromatic N) is 4. The minimum absolute atomic E-state index is 0.159. The van der Waals surface area contributed by atoms with E-state index in [0.717, 1.165) is 29.2 Å². The SMILES string of the molecule is Cc1cc([C@H]2[C@@H](c3ccccn3)NC(=S)N2c2ccccc2O)c(C)n1Cc1ccncc1. The molecule has 4 heterocycles. The fraction of sp³-hybridized carbons (Fsp3) is 0.192. The Balaban J connectivity index is 1.64. The first kappa shape index (κ1) is 21.2. The number of pyridine rings is 2. The first-order valence-corrected chi connectivity index (χ1v) is 11.3. The van der Waals surface area contributed by atoms with E-state index in [-0.39, 0.29) is 17.8 Å². The Morgan fingerprint density at radius 2 is 1.76 bits per heavy atom. The number of nitrogens with one attached hydrogen (secondary N) is 1. The third-order valence-electron chi connectivity index (χ3n) is 6.26. The van der Waals surface area contributed by atoms with Crippen molar-refractivity contribution in [2.45, 2.75) is 32.5 Å². The summed E-state index contributed by atoms with van der Waals surface area (Å²) in [6.07, 6.45) is 5.44. The van der Waals surface area contributed by atoms with Gasteiger partial charge in [0.2, 0.25) is 0 Å². The number of benzene rings is 1. The normalized spacial score (nSPS) is 17.9. The number of aryl methyl sites for hydroxylation is 1. The van der Waals surface area contributed by atoms with Gasteiger partial charge >= 0.3 is 0 Å². The lowest BCUT2D eigenvalue weighted by Gasteiger charge is -2.28. The smallest absolute Gasteiger partial charge is 0.174 e. The molecule has 5 rings (SSSR count). The number of hydrogen-bond donors (Lipinski definition) is 2. The first-order valence-electron chi connectivity index (χ1n) is 10.9. The Bertz CT molecular complexity index is 1290. The molecule has 1 aliphatic rings. The number of para-hydroxylation sites is 2. The molecule has 0 spiro atoms. The van der Waals surface area contributed by atoms with Crippen LogP contribution in [0.5, 0.6) is 5.75 Å². The third-order valence-corrected chi connectivity index (χ3v) is 6.58. The van der Waals surface area contributed by atoms with Gasteiger partial charge in [0.1, 0.15) is 5.75 Å². The standard InChI is InChI=1S/C26H25N5OS/c1-17-15-20(18(2)30(17)16-19-10-13-27-14-11-19)25-24(21-7-5-6-12-28-21)29-26(33)31(25)22-8-3-4-9-23(22)32/h3-15,24-25,32H,16H2,1-2H3,(H,29,33)/t24-,25+/m1/s1. The van der Waals surface area contributed by atoms with Crippen LogP contribution in [0.2, 0.25) is 0 Å². The molecule has 0 unspecified atom stereocenters. The van der Waals surface area contributed by atoms with Crippen molar-refractivity contribution in [3.63, 3.8) is 0 Å². The van der Waals surface area contributed by atoms with Crippen molar-refractivity contribution in [2.24, 2.45) is 0 Å². The van der Waals surface area contributed by atoms with Crippen LogP contribution >= 0.6 is 12.2 Å².